The molecule has 0 amide bonds. The minimum Gasteiger partial charge on any atom is -0.493 e. The number of hydrogen-bond acceptors (Lipinski definition) is 5. The van der Waals surface area contributed by atoms with Crippen molar-refractivity contribution < 1.29 is 31.4 Å². The molecule has 136 valence electrons. The van der Waals surface area contributed by atoms with E-state index in [1.165, 1.54) is 38.5 Å². The smallest absolute Gasteiger partial charge is 0.240 e. The molecule has 2 aromatic carbocycles. The van der Waals surface area contributed by atoms with Crippen LogP contribution in [-0.4, -0.2) is 35.8 Å². The number of methoxy groups -OCH3 is 2. The van der Waals surface area contributed by atoms with Gasteiger partial charge < -0.3 is 14.2 Å². The molecule has 2 aromatic rings. The predicted octanol–water partition coefficient (Wildman–Crippen LogP) is 2.34. The molecule has 0 aliphatic carbocycles. The van der Waals surface area contributed by atoms with Crippen LogP contribution in [0.4, 0.5) is 8.78 Å². The van der Waals surface area contributed by atoms with Crippen molar-refractivity contribution in [3.8, 4) is 17.2 Å². The van der Waals surface area contributed by atoms with Gasteiger partial charge in [0.05, 0.1) is 19.1 Å². The van der Waals surface area contributed by atoms with Gasteiger partial charge in [0.15, 0.2) is 23.1 Å². The maximum absolute atomic E-state index is 13.0. The number of benzene rings is 2. The minimum absolute atomic E-state index is 0.00187. The molecule has 9 heteroatoms. The Morgan fingerprint density at radius 2 is 1.68 bits per heavy atom. The van der Waals surface area contributed by atoms with E-state index < -0.39 is 21.7 Å². The fraction of sp³-hybridized carbons (Fsp3) is 0.250. The normalized spacial score (nSPS) is 11.2. The van der Waals surface area contributed by atoms with E-state index in [0.29, 0.717) is 5.75 Å². The summed E-state index contributed by atoms with van der Waals surface area (Å²) in [6.07, 6.45) is 0. The van der Waals surface area contributed by atoms with E-state index in [9.17, 15) is 17.2 Å². The van der Waals surface area contributed by atoms with Gasteiger partial charge in [0, 0.05) is 18.7 Å². The third kappa shape index (κ3) is 4.80. The molecule has 0 radical (unpaired) electrons. The number of rotatable bonds is 8. The summed E-state index contributed by atoms with van der Waals surface area (Å²) in [5.41, 5.74) is 0. The average molecular weight is 373 g/mol. The Labute approximate surface area is 144 Å². The molecule has 0 aliphatic heterocycles. The van der Waals surface area contributed by atoms with Crippen LogP contribution >= 0.6 is 0 Å². The zero-order valence-electron chi connectivity index (χ0n) is 13.6. The van der Waals surface area contributed by atoms with E-state index in [0.717, 1.165) is 12.1 Å². The van der Waals surface area contributed by atoms with Crippen LogP contribution in [0.1, 0.15) is 0 Å². The summed E-state index contributed by atoms with van der Waals surface area (Å²) in [7, 11) is -0.942. The molecule has 0 saturated heterocycles. The number of hydrogen-bond donors (Lipinski definition) is 1. The SMILES string of the molecule is COc1ccc(S(=O)(=O)NCCOc2ccc(F)c(F)c2)cc1OC. The quantitative estimate of drug-likeness (QED) is 0.719. The first-order chi connectivity index (χ1) is 11.9. The Morgan fingerprint density at radius 3 is 2.32 bits per heavy atom. The predicted molar refractivity (Wildman–Crippen MR) is 86.6 cm³/mol. The maximum Gasteiger partial charge on any atom is 0.240 e. The van der Waals surface area contributed by atoms with Gasteiger partial charge in [-0.25, -0.2) is 21.9 Å². The van der Waals surface area contributed by atoms with Crippen LogP contribution in [0.3, 0.4) is 0 Å². The van der Waals surface area contributed by atoms with Gasteiger partial charge in [-0.1, -0.05) is 0 Å². The van der Waals surface area contributed by atoms with Crippen LogP contribution in [-0.2, 0) is 10.0 Å². The topological polar surface area (TPSA) is 73.9 Å². The lowest BCUT2D eigenvalue weighted by atomic mass is 10.3. The van der Waals surface area contributed by atoms with Gasteiger partial charge in [-0.2, -0.15) is 0 Å². The third-order valence-corrected chi connectivity index (χ3v) is 4.68. The molecule has 1 N–H and O–H groups in total. The number of halogens is 2. The van der Waals surface area contributed by atoms with Gasteiger partial charge in [-0.15, -0.1) is 0 Å². The van der Waals surface area contributed by atoms with Crippen LogP contribution in [0.5, 0.6) is 17.2 Å². The van der Waals surface area contributed by atoms with Crippen LogP contribution in [0.2, 0.25) is 0 Å². The first-order valence-electron chi connectivity index (χ1n) is 7.17. The molecule has 0 aliphatic rings. The van der Waals surface area contributed by atoms with Gasteiger partial charge in [-0.3, -0.25) is 0 Å². The highest BCUT2D eigenvalue weighted by molar-refractivity contribution is 7.89. The van der Waals surface area contributed by atoms with Gasteiger partial charge in [-0.05, 0) is 24.3 Å². The van der Waals surface area contributed by atoms with Crippen molar-refractivity contribution >= 4 is 10.0 Å². The maximum atomic E-state index is 13.0. The average Bonchev–Trinajstić information content (AvgIpc) is 2.61. The molecular weight excluding hydrogens is 356 g/mol. The Morgan fingerprint density at radius 1 is 0.960 bits per heavy atom. The number of sulfonamides is 1. The highest BCUT2D eigenvalue weighted by atomic mass is 32.2. The van der Waals surface area contributed by atoms with Gasteiger partial charge in [0.25, 0.3) is 0 Å². The van der Waals surface area contributed by atoms with Crippen LogP contribution in [0, 0.1) is 11.6 Å². The second kappa shape index (κ2) is 8.13. The minimum atomic E-state index is -3.79. The molecule has 0 bridgehead atoms. The van der Waals surface area contributed by atoms with Crippen molar-refractivity contribution in [1.82, 2.24) is 4.72 Å². The summed E-state index contributed by atoms with van der Waals surface area (Å²) >= 11 is 0. The summed E-state index contributed by atoms with van der Waals surface area (Å²) in [5.74, 6) is -1.24. The van der Waals surface area contributed by atoms with E-state index in [4.69, 9.17) is 14.2 Å². The highest BCUT2D eigenvalue weighted by Crippen LogP contribution is 2.29. The van der Waals surface area contributed by atoms with E-state index in [1.807, 2.05) is 0 Å². The van der Waals surface area contributed by atoms with Crippen LogP contribution < -0.4 is 18.9 Å². The van der Waals surface area contributed by atoms with Gasteiger partial charge >= 0.3 is 0 Å². The Bertz CT molecular complexity index is 842. The number of nitrogens with one attached hydrogen (secondary N) is 1. The summed E-state index contributed by atoms with van der Waals surface area (Å²) in [6, 6.07) is 7.25. The van der Waals surface area contributed by atoms with Crippen LogP contribution in [0.25, 0.3) is 0 Å². The Balaban J connectivity index is 1.96. The Hall–Kier alpha value is -2.39. The summed E-state index contributed by atoms with van der Waals surface area (Å²) in [5, 5.41) is 0. The first-order valence-corrected chi connectivity index (χ1v) is 8.65. The molecule has 0 spiro atoms. The van der Waals surface area contributed by atoms with Crippen molar-refractivity contribution in [2.45, 2.75) is 4.90 Å². The zero-order valence-corrected chi connectivity index (χ0v) is 14.4. The summed E-state index contributed by atoms with van der Waals surface area (Å²) < 4.78 is 68.0. The number of ether oxygens (including phenoxy) is 3. The molecule has 0 saturated carbocycles. The summed E-state index contributed by atoms with van der Waals surface area (Å²) in [6.45, 7) is -0.118. The van der Waals surface area contributed by atoms with E-state index in [-0.39, 0.29) is 29.5 Å². The first kappa shape index (κ1) is 18.9. The molecule has 6 nitrogen and oxygen atoms in total. The molecule has 2 rings (SSSR count). The Kier molecular flexibility index (Phi) is 6.16. The molecule has 0 unspecified atom stereocenters. The lowest BCUT2D eigenvalue weighted by Crippen LogP contribution is -2.28. The van der Waals surface area contributed by atoms with E-state index in [2.05, 4.69) is 4.72 Å². The van der Waals surface area contributed by atoms with Crippen molar-refractivity contribution in [2.75, 3.05) is 27.4 Å². The second-order valence-electron chi connectivity index (χ2n) is 4.84. The molecule has 0 heterocycles. The fourth-order valence-corrected chi connectivity index (χ4v) is 3.01. The zero-order chi connectivity index (χ0) is 18.4. The molecular formula is C16H17F2NO5S. The van der Waals surface area contributed by atoms with Gasteiger partial charge in [0.1, 0.15) is 12.4 Å². The van der Waals surface area contributed by atoms with Crippen molar-refractivity contribution in [3.05, 3.63) is 48.0 Å². The van der Waals surface area contributed by atoms with E-state index >= 15 is 0 Å². The fourth-order valence-electron chi connectivity index (χ4n) is 1.98. The van der Waals surface area contributed by atoms with Crippen molar-refractivity contribution in [2.24, 2.45) is 0 Å². The van der Waals surface area contributed by atoms with E-state index in [1.54, 1.807) is 0 Å². The van der Waals surface area contributed by atoms with Crippen LogP contribution in [0.15, 0.2) is 41.3 Å². The van der Waals surface area contributed by atoms with Crippen molar-refractivity contribution in [1.29, 1.82) is 0 Å². The highest BCUT2D eigenvalue weighted by Gasteiger charge is 2.16. The molecule has 0 aromatic heterocycles. The lowest BCUT2D eigenvalue weighted by Gasteiger charge is -2.11. The second-order valence-corrected chi connectivity index (χ2v) is 6.61. The molecule has 0 fully saturated rings. The molecule has 25 heavy (non-hydrogen) atoms. The largest absolute Gasteiger partial charge is 0.493 e. The lowest BCUT2D eigenvalue weighted by molar-refractivity contribution is 0.319. The summed E-state index contributed by atoms with van der Waals surface area (Å²) in [4.78, 5) is -0.00187. The third-order valence-electron chi connectivity index (χ3n) is 3.22. The molecule has 0 atom stereocenters. The van der Waals surface area contributed by atoms with Gasteiger partial charge in [0.2, 0.25) is 10.0 Å². The standard InChI is InChI=1S/C16H17F2NO5S/c1-22-15-6-4-12(10-16(15)23-2)25(20,21)19-7-8-24-11-3-5-13(17)14(18)9-11/h3-6,9-10,19H,7-8H2,1-2H3. The van der Waals surface area contributed by atoms with Crippen molar-refractivity contribution in [3.63, 3.8) is 0 Å². The monoisotopic (exact) mass is 373 g/mol.